The van der Waals surface area contributed by atoms with Crippen LogP contribution in [-0.2, 0) is 13.5 Å². The lowest BCUT2D eigenvalue weighted by atomic mass is 10.0. The van der Waals surface area contributed by atoms with Crippen molar-refractivity contribution in [3.05, 3.63) is 48.0 Å². The molecule has 2 unspecified atom stereocenters. The number of imidazole rings is 1. The summed E-state index contributed by atoms with van der Waals surface area (Å²) in [6.07, 6.45) is 5.08. The smallest absolute Gasteiger partial charge is 0.0947 e. The van der Waals surface area contributed by atoms with Gasteiger partial charge < -0.3 is 9.88 Å². The maximum absolute atomic E-state index is 4.48. The highest BCUT2D eigenvalue weighted by molar-refractivity contribution is 8.00. The lowest BCUT2D eigenvalue weighted by Crippen LogP contribution is -2.27. The van der Waals surface area contributed by atoms with Crippen molar-refractivity contribution in [2.24, 2.45) is 7.05 Å². The lowest BCUT2D eigenvalue weighted by Gasteiger charge is -2.20. The summed E-state index contributed by atoms with van der Waals surface area (Å²) in [4.78, 5) is 5.90. The van der Waals surface area contributed by atoms with Crippen LogP contribution in [0.1, 0.15) is 17.3 Å². The predicted octanol–water partition coefficient (Wildman–Crippen LogP) is 2.40. The maximum atomic E-state index is 4.48. The predicted molar refractivity (Wildman–Crippen MR) is 74.8 cm³/mol. The van der Waals surface area contributed by atoms with E-state index in [4.69, 9.17) is 0 Å². The molecule has 1 aromatic heterocycles. The molecule has 0 saturated carbocycles. The second-order valence-electron chi connectivity index (χ2n) is 4.70. The second-order valence-corrected chi connectivity index (χ2v) is 5.98. The van der Waals surface area contributed by atoms with E-state index in [1.165, 1.54) is 10.5 Å². The number of hydrogen-bond donors (Lipinski definition) is 1. The monoisotopic (exact) mass is 259 g/mol. The molecule has 2 aromatic rings. The summed E-state index contributed by atoms with van der Waals surface area (Å²) in [5, 5.41) is 3.94. The minimum Gasteiger partial charge on any atom is -0.340 e. The number of rotatable bonds is 3. The van der Waals surface area contributed by atoms with E-state index in [1.54, 1.807) is 0 Å². The van der Waals surface area contributed by atoms with Crippen molar-refractivity contribution in [2.75, 3.05) is 7.05 Å². The van der Waals surface area contributed by atoms with Gasteiger partial charge in [0, 0.05) is 23.4 Å². The summed E-state index contributed by atoms with van der Waals surface area (Å²) in [5.41, 5.74) is 2.59. The molecule has 1 N–H and O–H groups in total. The minimum absolute atomic E-state index is 0.309. The van der Waals surface area contributed by atoms with E-state index in [-0.39, 0.29) is 0 Å². The zero-order valence-corrected chi connectivity index (χ0v) is 11.4. The molecular weight excluding hydrogens is 242 g/mol. The Labute approximate surface area is 112 Å². The lowest BCUT2D eigenvalue weighted by molar-refractivity contribution is 0.556. The van der Waals surface area contributed by atoms with Gasteiger partial charge in [0.05, 0.1) is 18.1 Å². The Kier molecular flexibility index (Phi) is 3.14. The van der Waals surface area contributed by atoms with E-state index < -0.39 is 0 Å². The van der Waals surface area contributed by atoms with Crippen molar-refractivity contribution >= 4 is 11.8 Å². The van der Waals surface area contributed by atoms with Crippen LogP contribution in [0.2, 0.25) is 0 Å². The molecule has 0 spiro atoms. The molecule has 0 amide bonds. The Morgan fingerprint density at radius 3 is 2.94 bits per heavy atom. The fourth-order valence-corrected chi connectivity index (χ4v) is 3.97. The number of hydrogen-bond acceptors (Lipinski definition) is 3. The van der Waals surface area contributed by atoms with Crippen molar-refractivity contribution in [3.63, 3.8) is 0 Å². The van der Waals surface area contributed by atoms with Crippen molar-refractivity contribution < 1.29 is 0 Å². The summed E-state index contributed by atoms with van der Waals surface area (Å²) in [7, 11) is 4.03. The Morgan fingerprint density at radius 1 is 1.44 bits per heavy atom. The molecule has 3 rings (SSSR count). The molecule has 0 radical (unpaired) electrons. The number of fused-ring (bicyclic) bond motifs is 1. The van der Waals surface area contributed by atoms with Crippen LogP contribution in [-0.4, -0.2) is 21.8 Å². The van der Waals surface area contributed by atoms with E-state index in [1.807, 2.05) is 36.8 Å². The van der Waals surface area contributed by atoms with Gasteiger partial charge in [0.25, 0.3) is 0 Å². The van der Waals surface area contributed by atoms with Crippen LogP contribution in [0.15, 0.2) is 41.7 Å². The van der Waals surface area contributed by atoms with E-state index in [0.29, 0.717) is 11.3 Å². The van der Waals surface area contributed by atoms with Gasteiger partial charge in [-0.05, 0) is 25.1 Å². The van der Waals surface area contributed by atoms with Gasteiger partial charge in [-0.15, -0.1) is 11.8 Å². The molecule has 0 fully saturated rings. The highest BCUT2D eigenvalue weighted by Crippen LogP contribution is 2.42. The highest BCUT2D eigenvalue weighted by atomic mass is 32.2. The van der Waals surface area contributed by atoms with Crippen molar-refractivity contribution in [2.45, 2.75) is 22.6 Å². The summed E-state index contributed by atoms with van der Waals surface area (Å²) < 4.78 is 2.01. The molecule has 0 aliphatic carbocycles. The fraction of sp³-hybridized carbons (Fsp3) is 0.357. The van der Waals surface area contributed by atoms with Gasteiger partial charge >= 0.3 is 0 Å². The van der Waals surface area contributed by atoms with Crippen molar-refractivity contribution in [3.8, 4) is 0 Å². The van der Waals surface area contributed by atoms with Crippen LogP contribution in [0.3, 0.4) is 0 Å². The van der Waals surface area contributed by atoms with Crippen LogP contribution in [0, 0.1) is 0 Å². The van der Waals surface area contributed by atoms with E-state index in [0.717, 1.165) is 12.1 Å². The van der Waals surface area contributed by atoms with Crippen LogP contribution in [0.5, 0.6) is 0 Å². The number of nitrogens with zero attached hydrogens (tertiary/aromatic N) is 2. The Morgan fingerprint density at radius 2 is 2.28 bits per heavy atom. The van der Waals surface area contributed by atoms with E-state index in [2.05, 4.69) is 40.8 Å². The number of thioether (sulfide) groups is 1. The first kappa shape index (κ1) is 11.8. The standard InChI is InChI=1S/C14H17N3S/c1-15-14(11-8-17(2)9-16-11)13-7-10-5-3-4-6-12(10)18-13/h3-6,8-9,13-15H,7H2,1-2H3. The first-order chi connectivity index (χ1) is 8.78. The van der Waals surface area contributed by atoms with Crippen LogP contribution in [0.4, 0.5) is 0 Å². The van der Waals surface area contributed by atoms with Crippen LogP contribution < -0.4 is 5.32 Å². The molecule has 2 atom stereocenters. The van der Waals surface area contributed by atoms with Crippen molar-refractivity contribution in [1.29, 1.82) is 0 Å². The number of aromatic nitrogens is 2. The van der Waals surface area contributed by atoms with Gasteiger partial charge in [-0.2, -0.15) is 0 Å². The minimum atomic E-state index is 0.309. The molecule has 3 nitrogen and oxygen atoms in total. The van der Waals surface area contributed by atoms with Gasteiger partial charge in [-0.1, -0.05) is 18.2 Å². The average Bonchev–Trinajstić information content (AvgIpc) is 2.96. The maximum Gasteiger partial charge on any atom is 0.0947 e. The van der Waals surface area contributed by atoms with Gasteiger partial charge in [0.1, 0.15) is 0 Å². The molecule has 0 saturated heterocycles. The summed E-state index contributed by atoms with van der Waals surface area (Å²) in [6.45, 7) is 0. The third-order valence-corrected chi connectivity index (χ3v) is 4.79. The molecule has 1 aromatic carbocycles. The molecule has 18 heavy (non-hydrogen) atoms. The first-order valence-corrected chi connectivity index (χ1v) is 7.05. The Hall–Kier alpha value is -1.26. The summed E-state index contributed by atoms with van der Waals surface area (Å²) >= 11 is 1.96. The molecule has 1 aliphatic heterocycles. The normalized spacial score (nSPS) is 19.8. The molecule has 4 heteroatoms. The third-order valence-electron chi connectivity index (χ3n) is 3.40. The number of nitrogens with one attached hydrogen (secondary N) is 1. The SMILES string of the molecule is CNC(c1cn(C)cn1)C1Cc2ccccc2S1. The molecule has 0 bridgehead atoms. The van der Waals surface area contributed by atoms with Crippen LogP contribution in [0.25, 0.3) is 0 Å². The van der Waals surface area contributed by atoms with Gasteiger partial charge in [-0.3, -0.25) is 0 Å². The van der Waals surface area contributed by atoms with Crippen molar-refractivity contribution in [1.82, 2.24) is 14.9 Å². The van der Waals surface area contributed by atoms with Gasteiger partial charge in [0.2, 0.25) is 0 Å². The average molecular weight is 259 g/mol. The third kappa shape index (κ3) is 2.06. The molecule has 1 aliphatic rings. The first-order valence-electron chi connectivity index (χ1n) is 6.17. The second kappa shape index (κ2) is 4.78. The highest BCUT2D eigenvalue weighted by Gasteiger charge is 2.30. The van der Waals surface area contributed by atoms with Crippen LogP contribution >= 0.6 is 11.8 Å². The van der Waals surface area contributed by atoms with Gasteiger partial charge in [0.15, 0.2) is 0 Å². The quantitative estimate of drug-likeness (QED) is 0.918. The number of aryl methyl sites for hydroxylation is 1. The summed E-state index contributed by atoms with van der Waals surface area (Å²) in [6, 6.07) is 8.99. The Bertz CT molecular complexity index is 524. The molecule has 2 heterocycles. The molecular formula is C14H17N3S. The Balaban J connectivity index is 1.83. The summed E-state index contributed by atoms with van der Waals surface area (Å²) in [5.74, 6) is 0. The van der Waals surface area contributed by atoms with Gasteiger partial charge in [-0.25, -0.2) is 4.98 Å². The van der Waals surface area contributed by atoms with E-state index in [9.17, 15) is 0 Å². The topological polar surface area (TPSA) is 29.9 Å². The number of benzene rings is 1. The zero-order chi connectivity index (χ0) is 12.5. The molecule has 94 valence electrons. The van der Waals surface area contributed by atoms with E-state index >= 15 is 0 Å². The fourth-order valence-electron chi connectivity index (χ4n) is 2.51. The zero-order valence-electron chi connectivity index (χ0n) is 10.6. The largest absolute Gasteiger partial charge is 0.340 e.